The third-order valence-corrected chi connectivity index (χ3v) is 2.71. The number of halogens is 1. The molecule has 5 heteroatoms. The molecule has 4 nitrogen and oxygen atoms in total. The second kappa shape index (κ2) is 6.92. The van der Waals surface area contributed by atoms with E-state index in [1.807, 2.05) is 25.7 Å². The average Bonchev–Trinajstić information content (AvgIpc) is 2.89. The van der Waals surface area contributed by atoms with Crippen LogP contribution in [0.5, 0.6) is 0 Å². The van der Waals surface area contributed by atoms with Crippen LogP contribution in [0.3, 0.4) is 0 Å². The van der Waals surface area contributed by atoms with Crippen LogP contribution in [-0.2, 0) is 4.94 Å². The lowest BCUT2D eigenvalue weighted by Crippen LogP contribution is -2.23. The van der Waals surface area contributed by atoms with Gasteiger partial charge in [0.05, 0.1) is 5.56 Å². The summed E-state index contributed by atoms with van der Waals surface area (Å²) in [4.78, 5) is 10.0. The molecule has 1 fully saturated rings. The van der Waals surface area contributed by atoms with E-state index in [9.17, 15) is 4.53 Å². The lowest BCUT2D eigenvalue weighted by Gasteiger charge is -2.18. The molecule has 1 aromatic heterocycles. The van der Waals surface area contributed by atoms with Gasteiger partial charge in [0.2, 0.25) is 0 Å². The Kier molecular flexibility index (Phi) is 5.53. The molecule has 98 valence electrons. The zero-order valence-electron chi connectivity index (χ0n) is 11.0. The number of nitrogens with zero attached hydrogens (tertiary/aromatic N) is 3. The summed E-state index contributed by atoms with van der Waals surface area (Å²) < 4.78 is 12.0. The molecule has 1 aromatic rings. The lowest BCUT2D eigenvalue weighted by molar-refractivity contribution is -0.170. The molecule has 0 bridgehead atoms. The quantitative estimate of drug-likeness (QED) is 0.811. The first-order valence-corrected chi connectivity index (χ1v) is 6.14. The highest BCUT2D eigenvalue weighted by Gasteiger charge is 2.26. The van der Waals surface area contributed by atoms with Crippen LogP contribution >= 0.6 is 0 Å². The molecule has 1 atom stereocenters. The summed E-state index contributed by atoms with van der Waals surface area (Å²) in [6.45, 7) is 6.98. The van der Waals surface area contributed by atoms with Gasteiger partial charge in [-0.3, -0.25) is 0 Å². The molecule has 1 aliphatic heterocycles. The Morgan fingerprint density at radius 3 is 2.78 bits per heavy atom. The predicted octanol–water partition coefficient (Wildman–Crippen LogP) is 2.77. The van der Waals surface area contributed by atoms with Gasteiger partial charge < -0.3 is 4.90 Å². The van der Waals surface area contributed by atoms with Crippen molar-refractivity contribution in [2.24, 2.45) is 0 Å². The van der Waals surface area contributed by atoms with Crippen molar-refractivity contribution >= 4 is 5.82 Å². The standard InChI is InChI=1S/C11H12FN3O.C2H6/c1-8-2-3-9(6-13)11(14-8)15-5-4-10(7-15)16-12;1-2/h2-3,10H,4-5,7H2,1H3;1-2H3. The molecule has 2 heterocycles. The highest BCUT2D eigenvalue weighted by atomic mass is 19.3. The van der Waals surface area contributed by atoms with E-state index in [-0.39, 0.29) is 0 Å². The van der Waals surface area contributed by atoms with Crippen LogP contribution in [0.2, 0.25) is 0 Å². The summed E-state index contributed by atoms with van der Waals surface area (Å²) in [6, 6.07) is 5.62. The van der Waals surface area contributed by atoms with Crippen molar-refractivity contribution in [2.75, 3.05) is 18.0 Å². The number of aromatic nitrogens is 1. The van der Waals surface area contributed by atoms with Crippen LogP contribution in [-0.4, -0.2) is 24.2 Å². The number of hydrogen-bond donors (Lipinski definition) is 0. The molecule has 0 N–H and O–H groups in total. The molecule has 18 heavy (non-hydrogen) atoms. The minimum atomic E-state index is -0.408. The van der Waals surface area contributed by atoms with Gasteiger partial charge in [0.1, 0.15) is 18.0 Å². The highest BCUT2D eigenvalue weighted by molar-refractivity contribution is 5.55. The van der Waals surface area contributed by atoms with E-state index in [4.69, 9.17) is 5.26 Å². The third kappa shape index (κ3) is 3.17. The first-order valence-electron chi connectivity index (χ1n) is 6.14. The molecule has 1 aliphatic rings. The van der Waals surface area contributed by atoms with Gasteiger partial charge in [-0.15, -0.1) is 0 Å². The molecule has 0 radical (unpaired) electrons. The van der Waals surface area contributed by atoms with Gasteiger partial charge in [0, 0.05) is 18.8 Å². The number of pyridine rings is 1. The van der Waals surface area contributed by atoms with Gasteiger partial charge in [0.25, 0.3) is 0 Å². The van der Waals surface area contributed by atoms with Gasteiger partial charge in [-0.25, -0.2) is 4.98 Å². The topological polar surface area (TPSA) is 49.2 Å². The Labute approximate surface area is 107 Å². The first-order chi connectivity index (χ1) is 8.74. The summed E-state index contributed by atoms with van der Waals surface area (Å²) in [5.41, 5.74) is 1.36. The van der Waals surface area contributed by atoms with Crippen molar-refractivity contribution < 1.29 is 9.47 Å². The number of hydrogen-bond acceptors (Lipinski definition) is 4. The second-order valence-corrected chi connectivity index (χ2v) is 3.88. The van der Waals surface area contributed by atoms with Crippen LogP contribution in [0, 0.1) is 18.3 Å². The number of aryl methyl sites for hydroxylation is 1. The average molecular weight is 251 g/mol. The minimum absolute atomic E-state index is 0.408. The van der Waals surface area contributed by atoms with Crippen LogP contribution in [0.4, 0.5) is 10.3 Å². The summed E-state index contributed by atoms with van der Waals surface area (Å²) in [6.07, 6.45) is 0.214. The summed E-state index contributed by atoms with van der Waals surface area (Å²) in [5.74, 6) is 0.627. The van der Waals surface area contributed by atoms with Crippen LogP contribution < -0.4 is 4.90 Å². The molecule has 0 amide bonds. The molecular formula is C13H18FN3O. The molecular weight excluding hydrogens is 233 g/mol. The van der Waals surface area contributed by atoms with Gasteiger partial charge in [0.15, 0.2) is 0 Å². The number of nitriles is 1. The van der Waals surface area contributed by atoms with Crippen LogP contribution in [0.25, 0.3) is 0 Å². The van der Waals surface area contributed by atoms with Crippen molar-refractivity contribution in [3.05, 3.63) is 23.4 Å². The van der Waals surface area contributed by atoms with Crippen molar-refractivity contribution in [1.82, 2.24) is 4.98 Å². The molecule has 1 unspecified atom stereocenters. The fourth-order valence-corrected chi connectivity index (χ4v) is 1.86. The second-order valence-electron chi connectivity index (χ2n) is 3.88. The Morgan fingerprint density at radius 1 is 1.50 bits per heavy atom. The minimum Gasteiger partial charge on any atom is -0.353 e. The maximum Gasteiger partial charge on any atom is 0.146 e. The van der Waals surface area contributed by atoms with Crippen molar-refractivity contribution in [2.45, 2.75) is 33.3 Å². The summed E-state index contributed by atoms with van der Waals surface area (Å²) >= 11 is 0. The molecule has 0 spiro atoms. The van der Waals surface area contributed by atoms with E-state index in [2.05, 4.69) is 16.0 Å². The van der Waals surface area contributed by atoms with Gasteiger partial charge in [-0.05, 0) is 30.0 Å². The molecule has 1 saturated heterocycles. The Bertz CT molecular complexity index is 431. The maximum atomic E-state index is 12.0. The highest BCUT2D eigenvalue weighted by Crippen LogP contribution is 2.23. The fraction of sp³-hybridized carbons (Fsp3) is 0.538. The zero-order chi connectivity index (χ0) is 13.5. The molecule has 2 rings (SSSR count). The smallest absolute Gasteiger partial charge is 0.146 e. The Balaban J connectivity index is 0.000000771. The van der Waals surface area contributed by atoms with E-state index in [0.717, 1.165) is 5.69 Å². The van der Waals surface area contributed by atoms with Gasteiger partial charge >= 0.3 is 0 Å². The van der Waals surface area contributed by atoms with Gasteiger partial charge in [-0.1, -0.05) is 13.8 Å². The molecule has 0 saturated carbocycles. The van der Waals surface area contributed by atoms with E-state index < -0.39 is 6.10 Å². The Morgan fingerprint density at radius 2 is 2.22 bits per heavy atom. The number of anilines is 1. The van der Waals surface area contributed by atoms with E-state index in [1.54, 1.807) is 12.1 Å². The van der Waals surface area contributed by atoms with E-state index in [1.165, 1.54) is 0 Å². The summed E-state index contributed by atoms with van der Waals surface area (Å²) in [5, 5.41) is 8.97. The molecule has 0 aromatic carbocycles. The maximum absolute atomic E-state index is 12.0. The number of rotatable bonds is 2. The zero-order valence-corrected chi connectivity index (χ0v) is 11.0. The lowest BCUT2D eigenvalue weighted by atomic mass is 10.2. The van der Waals surface area contributed by atoms with E-state index in [0.29, 0.717) is 30.9 Å². The first kappa shape index (κ1) is 14.4. The largest absolute Gasteiger partial charge is 0.353 e. The van der Waals surface area contributed by atoms with Crippen molar-refractivity contribution in [1.29, 1.82) is 5.26 Å². The van der Waals surface area contributed by atoms with Gasteiger partial charge in [-0.2, -0.15) is 10.2 Å². The van der Waals surface area contributed by atoms with Crippen LogP contribution in [0.15, 0.2) is 12.1 Å². The fourth-order valence-electron chi connectivity index (χ4n) is 1.86. The predicted molar refractivity (Wildman–Crippen MR) is 67.8 cm³/mol. The monoisotopic (exact) mass is 251 g/mol. The summed E-state index contributed by atoms with van der Waals surface area (Å²) in [7, 11) is 0. The SMILES string of the molecule is CC.Cc1ccc(C#N)c(N2CCC(OF)C2)n1. The molecule has 0 aliphatic carbocycles. The van der Waals surface area contributed by atoms with Crippen LogP contribution in [0.1, 0.15) is 31.5 Å². The van der Waals surface area contributed by atoms with E-state index >= 15 is 0 Å². The Hall–Kier alpha value is -1.67. The van der Waals surface area contributed by atoms with Crippen molar-refractivity contribution in [3.8, 4) is 6.07 Å². The third-order valence-electron chi connectivity index (χ3n) is 2.71. The normalized spacial score (nSPS) is 17.9. The van der Waals surface area contributed by atoms with Crippen molar-refractivity contribution in [3.63, 3.8) is 0 Å².